The highest BCUT2D eigenvalue weighted by atomic mass is 32.1. The Balaban J connectivity index is 1.78. The van der Waals surface area contributed by atoms with E-state index in [4.69, 9.17) is 14.7 Å². The fourth-order valence-electron chi connectivity index (χ4n) is 2.73. The van der Waals surface area contributed by atoms with Gasteiger partial charge in [0.2, 0.25) is 0 Å². The Labute approximate surface area is 164 Å². The number of hydrogen-bond donors (Lipinski definition) is 1. The summed E-state index contributed by atoms with van der Waals surface area (Å²) in [5.74, 6) is -0.143. The summed E-state index contributed by atoms with van der Waals surface area (Å²) in [6, 6.07) is 13.5. The maximum absolute atomic E-state index is 12.3. The highest BCUT2D eigenvalue weighted by Crippen LogP contribution is 2.35. The molecule has 0 saturated carbocycles. The number of rotatable bonds is 6. The van der Waals surface area contributed by atoms with E-state index in [1.807, 2.05) is 35.0 Å². The molecule has 1 amide bonds. The maximum atomic E-state index is 12.3. The molecule has 0 radical (unpaired) electrons. The first-order valence-corrected chi connectivity index (χ1v) is 10.2. The molecule has 0 aliphatic carbocycles. The summed E-state index contributed by atoms with van der Waals surface area (Å²) in [6.45, 7) is 0.947. The molecule has 5 nitrogen and oxygen atoms in total. The number of carbonyl (C=O) groups excluding carboxylic acids is 1. The van der Waals surface area contributed by atoms with Crippen molar-refractivity contribution in [2.45, 2.75) is 0 Å². The van der Waals surface area contributed by atoms with Crippen molar-refractivity contribution in [3.8, 4) is 21.1 Å². The molecule has 0 aliphatic rings. The minimum Gasteiger partial charge on any atom is -0.383 e. The van der Waals surface area contributed by atoms with Gasteiger partial charge in [0.15, 0.2) is 0 Å². The fourth-order valence-corrected chi connectivity index (χ4v) is 4.16. The van der Waals surface area contributed by atoms with Crippen LogP contribution in [0.5, 0.6) is 0 Å². The average Bonchev–Trinajstić information content (AvgIpc) is 3.40. The maximum Gasteiger partial charge on any atom is 0.251 e. The van der Waals surface area contributed by atoms with E-state index >= 15 is 0 Å². The van der Waals surface area contributed by atoms with E-state index in [-0.39, 0.29) is 5.91 Å². The van der Waals surface area contributed by atoms with E-state index in [1.165, 1.54) is 0 Å². The second-order valence-electron chi connectivity index (χ2n) is 5.83. The predicted octanol–water partition coefficient (Wildman–Crippen LogP) is 4.46. The number of aromatic nitrogens is 2. The Bertz CT molecular complexity index is 1060. The molecular formula is C20H17N3O2S2. The van der Waals surface area contributed by atoms with Gasteiger partial charge < -0.3 is 10.1 Å². The lowest BCUT2D eigenvalue weighted by Crippen LogP contribution is -2.26. The standard InChI is InChI=1S/C20H17N3O2S2/c1-25-9-8-21-20(24)13-6-7-14-15(12-13)23-19(17-5-3-11-27-17)18(22-14)16-4-2-10-26-16/h2-7,10-12H,8-9H2,1H3,(H,21,24). The minimum absolute atomic E-state index is 0.143. The zero-order valence-electron chi connectivity index (χ0n) is 14.6. The Morgan fingerprint density at radius 3 is 2.26 bits per heavy atom. The molecule has 4 rings (SSSR count). The number of nitrogens with one attached hydrogen (secondary N) is 1. The van der Waals surface area contributed by atoms with Crippen LogP contribution in [-0.4, -0.2) is 36.1 Å². The van der Waals surface area contributed by atoms with Crippen LogP contribution in [0.2, 0.25) is 0 Å². The van der Waals surface area contributed by atoms with Crippen molar-refractivity contribution in [2.24, 2.45) is 0 Å². The van der Waals surface area contributed by atoms with Crippen LogP contribution in [0.25, 0.3) is 32.2 Å². The molecule has 3 aromatic heterocycles. The highest BCUT2D eigenvalue weighted by Gasteiger charge is 2.16. The molecule has 27 heavy (non-hydrogen) atoms. The molecule has 1 aromatic carbocycles. The summed E-state index contributed by atoms with van der Waals surface area (Å²) in [4.78, 5) is 24.2. The first-order valence-electron chi connectivity index (χ1n) is 8.43. The number of nitrogens with zero attached hydrogens (tertiary/aromatic N) is 2. The Hall–Kier alpha value is -2.61. The molecule has 0 saturated heterocycles. The molecular weight excluding hydrogens is 378 g/mol. The van der Waals surface area contributed by atoms with Crippen LogP contribution in [0.15, 0.2) is 53.2 Å². The quantitative estimate of drug-likeness (QED) is 0.490. The average molecular weight is 396 g/mol. The minimum atomic E-state index is -0.143. The van der Waals surface area contributed by atoms with E-state index in [0.29, 0.717) is 24.2 Å². The number of fused-ring (bicyclic) bond motifs is 1. The van der Waals surface area contributed by atoms with Gasteiger partial charge in [-0.15, -0.1) is 22.7 Å². The highest BCUT2D eigenvalue weighted by molar-refractivity contribution is 7.14. The van der Waals surface area contributed by atoms with Gasteiger partial charge in [0, 0.05) is 19.2 Å². The first kappa shape index (κ1) is 17.8. The van der Waals surface area contributed by atoms with Gasteiger partial charge >= 0.3 is 0 Å². The van der Waals surface area contributed by atoms with Gasteiger partial charge in [0.25, 0.3) is 5.91 Å². The van der Waals surface area contributed by atoms with Crippen LogP contribution in [0.4, 0.5) is 0 Å². The predicted molar refractivity (Wildman–Crippen MR) is 110 cm³/mol. The molecule has 1 N–H and O–H groups in total. The third-order valence-corrected chi connectivity index (χ3v) is 5.78. The first-order chi connectivity index (χ1) is 13.3. The van der Waals surface area contributed by atoms with Gasteiger partial charge in [-0.05, 0) is 41.1 Å². The number of methoxy groups -OCH3 is 1. The fraction of sp³-hybridized carbons (Fsp3) is 0.150. The van der Waals surface area contributed by atoms with Crippen LogP contribution in [0.1, 0.15) is 10.4 Å². The van der Waals surface area contributed by atoms with Crippen molar-refractivity contribution in [3.05, 3.63) is 58.8 Å². The molecule has 136 valence electrons. The zero-order chi connectivity index (χ0) is 18.6. The number of ether oxygens (including phenoxy) is 1. The molecule has 0 bridgehead atoms. The summed E-state index contributed by atoms with van der Waals surface area (Å²) in [7, 11) is 1.61. The van der Waals surface area contributed by atoms with Crippen molar-refractivity contribution < 1.29 is 9.53 Å². The summed E-state index contributed by atoms with van der Waals surface area (Å²) < 4.78 is 4.97. The summed E-state index contributed by atoms with van der Waals surface area (Å²) in [6.07, 6.45) is 0. The van der Waals surface area contributed by atoms with Gasteiger partial charge in [0.05, 0.1) is 27.4 Å². The third-order valence-electron chi connectivity index (χ3n) is 4.03. The second-order valence-corrected chi connectivity index (χ2v) is 7.72. The summed E-state index contributed by atoms with van der Waals surface area (Å²) >= 11 is 3.27. The monoisotopic (exact) mass is 395 g/mol. The van der Waals surface area contributed by atoms with Gasteiger partial charge in [-0.3, -0.25) is 4.79 Å². The largest absolute Gasteiger partial charge is 0.383 e. The van der Waals surface area contributed by atoms with Gasteiger partial charge in [0.1, 0.15) is 11.4 Å². The van der Waals surface area contributed by atoms with Crippen LogP contribution in [0.3, 0.4) is 0 Å². The molecule has 0 aliphatic heterocycles. The SMILES string of the molecule is COCCNC(=O)c1ccc2nc(-c3cccs3)c(-c3cccs3)nc2c1. The van der Waals surface area contributed by atoms with Crippen molar-refractivity contribution in [2.75, 3.05) is 20.3 Å². The van der Waals surface area contributed by atoms with Crippen molar-refractivity contribution in [3.63, 3.8) is 0 Å². The van der Waals surface area contributed by atoms with E-state index in [2.05, 4.69) is 11.4 Å². The Kier molecular flexibility index (Phi) is 5.24. The van der Waals surface area contributed by atoms with Gasteiger partial charge in [-0.2, -0.15) is 0 Å². The molecule has 0 fully saturated rings. The lowest BCUT2D eigenvalue weighted by molar-refractivity contribution is 0.0937. The zero-order valence-corrected chi connectivity index (χ0v) is 16.3. The number of hydrogen-bond acceptors (Lipinski definition) is 6. The van der Waals surface area contributed by atoms with Crippen molar-refractivity contribution in [1.82, 2.24) is 15.3 Å². The third kappa shape index (κ3) is 3.75. The molecule has 0 atom stereocenters. The lowest BCUT2D eigenvalue weighted by Gasteiger charge is -2.09. The topological polar surface area (TPSA) is 64.1 Å². The van der Waals surface area contributed by atoms with E-state index in [0.717, 1.165) is 26.7 Å². The summed E-state index contributed by atoms with van der Waals surface area (Å²) in [5.41, 5.74) is 3.76. The summed E-state index contributed by atoms with van der Waals surface area (Å²) in [5, 5.41) is 6.89. The number of amides is 1. The van der Waals surface area contributed by atoms with Gasteiger partial charge in [-0.25, -0.2) is 9.97 Å². The molecule has 0 unspecified atom stereocenters. The second kappa shape index (κ2) is 7.96. The molecule has 0 spiro atoms. The normalized spacial score (nSPS) is 11.0. The Morgan fingerprint density at radius 1 is 1.00 bits per heavy atom. The number of thiophene rings is 2. The Morgan fingerprint density at radius 2 is 1.67 bits per heavy atom. The van der Waals surface area contributed by atoms with Crippen LogP contribution in [-0.2, 0) is 4.74 Å². The van der Waals surface area contributed by atoms with Crippen molar-refractivity contribution in [1.29, 1.82) is 0 Å². The van der Waals surface area contributed by atoms with E-state index in [9.17, 15) is 4.79 Å². The number of benzene rings is 1. The van der Waals surface area contributed by atoms with E-state index < -0.39 is 0 Å². The smallest absolute Gasteiger partial charge is 0.251 e. The van der Waals surface area contributed by atoms with Crippen LogP contribution in [0, 0.1) is 0 Å². The molecule has 7 heteroatoms. The lowest BCUT2D eigenvalue weighted by atomic mass is 10.1. The number of carbonyl (C=O) groups is 1. The van der Waals surface area contributed by atoms with Crippen LogP contribution < -0.4 is 5.32 Å². The molecule has 3 heterocycles. The van der Waals surface area contributed by atoms with Crippen molar-refractivity contribution >= 4 is 39.6 Å². The van der Waals surface area contributed by atoms with E-state index in [1.54, 1.807) is 41.9 Å². The van der Waals surface area contributed by atoms with Crippen LogP contribution >= 0.6 is 22.7 Å². The van der Waals surface area contributed by atoms with Gasteiger partial charge in [-0.1, -0.05) is 12.1 Å². The molecule has 4 aromatic rings.